The van der Waals surface area contributed by atoms with E-state index >= 15 is 0 Å². The number of hydrogen-bond acceptors (Lipinski definition) is 8. The topological polar surface area (TPSA) is 145 Å². The zero-order chi connectivity index (χ0) is 15.3. The van der Waals surface area contributed by atoms with Gasteiger partial charge in [-0.2, -0.15) is 0 Å². The Kier molecular flexibility index (Phi) is 3.55. The summed E-state index contributed by atoms with van der Waals surface area (Å²) in [5.74, 6) is 0.0852. The van der Waals surface area contributed by atoms with Crippen LogP contribution in [0.3, 0.4) is 0 Å². The van der Waals surface area contributed by atoms with Gasteiger partial charge < -0.3 is 35.8 Å². The first-order valence-electron chi connectivity index (χ1n) is 6.06. The van der Waals surface area contributed by atoms with E-state index in [1.807, 2.05) is 0 Å². The smallest absolute Gasteiger partial charge is 0.200 e. The lowest BCUT2D eigenvalue weighted by atomic mass is 10.1. The maximum atomic E-state index is 10.1. The molecule has 0 bridgehead atoms. The summed E-state index contributed by atoms with van der Waals surface area (Å²) < 4.78 is 7.32. The first-order valence-corrected chi connectivity index (χ1v) is 6.88. The van der Waals surface area contributed by atoms with Crippen LogP contribution in [0.1, 0.15) is 6.23 Å². The van der Waals surface area contributed by atoms with Crippen molar-refractivity contribution < 1.29 is 20.1 Å². The third kappa shape index (κ3) is 2.18. The predicted molar refractivity (Wildman–Crippen MR) is 77.5 cm³/mol. The molecule has 3 heterocycles. The molecule has 0 radical (unpaired) electrons. The van der Waals surface area contributed by atoms with E-state index in [4.69, 9.17) is 40.0 Å². The molecule has 2 aromatic heterocycles. The summed E-state index contributed by atoms with van der Waals surface area (Å²) in [5, 5.41) is 29.1. The van der Waals surface area contributed by atoms with Crippen LogP contribution >= 0.6 is 24.4 Å². The largest absolute Gasteiger partial charge is 0.394 e. The number of ether oxygens (including phenoxy) is 1. The van der Waals surface area contributed by atoms with E-state index in [1.165, 1.54) is 4.57 Å². The Balaban J connectivity index is 2.20. The lowest BCUT2D eigenvalue weighted by Gasteiger charge is -2.17. The normalized spacial score (nSPS) is 29.3. The SMILES string of the molecule is Nc1nc(=S)c2[nH]c(=S)n([C@@H]3O[C@H](CO)[C@H](O)[C@@H]3O)c2[nH]1. The zero-order valence-corrected chi connectivity index (χ0v) is 12.2. The minimum absolute atomic E-state index is 0.0852. The highest BCUT2D eigenvalue weighted by Gasteiger charge is 2.44. The van der Waals surface area contributed by atoms with Crippen molar-refractivity contribution in [3.05, 3.63) is 9.41 Å². The number of rotatable bonds is 2. The van der Waals surface area contributed by atoms with Crippen LogP contribution in [-0.4, -0.2) is 59.8 Å². The Labute approximate surface area is 128 Å². The summed E-state index contributed by atoms with van der Waals surface area (Å²) in [6.07, 6.45) is -4.37. The molecule has 2 aromatic rings. The fourth-order valence-electron chi connectivity index (χ4n) is 2.38. The molecule has 1 fully saturated rings. The fraction of sp³-hybridized carbons (Fsp3) is 0.500. The van der Waals surface area contributed by atoms with E-state index in [1.54, 1.807) is 0 Å². The molecule has 0 aromatic carbocycles. The average Bonchev–Trinajstić information content (AvgIpc) is 2.89. The summed E-state index contributed by atoms with van der Waals surface area (Å²) in [6.45, 7) is -0.426. The number of nitrogens with two attached hydrogens (primary N) is 1. The van der Waals surface area contributed by atoms with Crippen LogP contribution in [-0.2, 0) is 4.74 Å². The van der Waals surface area contributed by atoms with Gasteiger partial charge in [0, 0.05) is 0 Å². The van der Waals surface area contributed by atoms with Gasteiger partial charge in [-0.05, 0) is 12.2 Å². The first kappa shape index (κ1) is 14.6. The summed E-state index contributed by atoms with van der Waals surface area (Å²) >= 11 is 10.3. The Hall–Kier alpha value is -1.37. The number of fused-ring (bicyclic) bond motifs is 1. The highest BCUT2D eigenvalue weighted by Crippen LogP contribution is 2.31. The molecule has 11 heteroatoms. The highest BCUT2D eigenvalue weighted by molar-refractivity contribution is 7.71. The van der Waals surface area contributed by atoms with Gasteiger partial charge in [-0.25, -0.2) is 4.98 Å². The molecule has 0 amide bonds. The maximum Gasteiger partial charge on any atom is 0.200 e. The second kappa shape index (κ2) is 5.12. The Bertz CT molecular complexity index is 799. The molecule has 1 aliphatic heterocycles. The van der Waals surface area contributed by atoms with Gasteiger partial charge in [0.2, 0.25) is 0 Å². The summed E-state index contributed by atoms with van der Waals surface area (Å²) in [6, 6.07) is 0. The quantitative estimate of drug-likeness (QED) is 0.398. The Morgan fingerprint density at radius 3 is 2.62 bits per heavy atom. The number of anilines is 1. The van der Waals surface area contributed by atoms with Crippen LogP contribution in [0.2, 0.25) is 0 Å². The molecule has 1 saturated heterocycles. The zero-order valence-electron chi connectivity index (χ0n) is 10.6. The standard InChI is InChI=1S/C10H13N5O4S2/c11-9-13-6-3(7(20)14-9)12-10(21)15(6)8-5(18)4(17)2(1-16)19-8/h2,4-5,8,16-18H,1H2,(H,12,21)(H3,11,13,14,20)/t2-,4+,5+,8-/m1/s1. The number of imidazole rings is 1. The summed E-state index contributed by atoms with van der Waals surface area (Å²) in [7, 11) is 0. The lowest BCUT2D eigenvalue weighted by Crippen LogP contribution is -2.33. The molecular weight excluding hydrogens is 318 g/mol. The van der Waals surface area contributed by atoms with Crippen LogP contribution in [0.25, 0.3) is 11.2 Å². The van der Waals surface area contributed by atoms with Gasteiger partial charge in [0.1, 0.15) is 29.5 Å². The molecular formula is C10H13N5O4S2. The van der Waals surface area contributed by atoms with Crippen molar-refractivity contribution in [3.63, 3.8) is 0 Å². The molecule has 4 atom stereocenters. The summed E-state index contributed by atoms with van der Waals surface area (Å²) in [4.78, 5) is 9.55. The third-order valence-corrected chi connectivity index (χ3v) is 3.98. The van der Waals surface area contributed by atoms with Gasteiger partial charge in [-0.15, -0.1) is 0 Å². The second-order valence-electron chi connectivity index (χ2n) is 4.68. The molecule has 0 saturated carbocycles. The monoisotopic (exact) mass is 331 g/mol. The average molecular weight is 331 g/mol. The number of aromatic amines is 2. The Morgan fingerprint density at radius 1 is 1.29 bits per heavy atom. The number of H-pyrrole nitrogens is 2. The van der Waals surface area contributed by atoms with Crippen LogP contribution in [0.5, 0.6) is 0 Å². The fourth-order valence-corrected chi connectivity index (χ4v) is 2.92. The van der Waals surface area contributed by atoms with Gasteiger partial charge in [0.15, 0.2) is 21.6 Å². The highest BCUT2D eigenvalue weighted by atomic mass is 32.1. The van der Waals surface area contributed by atoms with Crippen LogP contribution < -0.4 is 5.73 Å². The molecule has 7 N–H and O–H groups in total. The number of hydrogen-bond donors (Lipinski definition) is 6. The van der Waals surface area contributed by atoms with Crippen molar-refractivity contribution >= 4 is 41.5 Å². The molecule has 1 aliphatic rings. The molecule has 21 heavy (non-hydrogen) atoms. The molecule has 9 nitrogen and oxygen atoms in total. The molecule has 0 unspecified atom stereocenters. The summed E-state index contributed by atoms with van der Waals surface area (Å²) in [5.41, 5.74) is 6.47. The number of nitrogens with zero attached hydrogens (tertiary/aromatic N) is 2. The van der Waals surface area contributed by atoms with Crippen molar-refractivity contribution in [2.24, 2.45) is 0 Å². The van der Waals surface area contributed by atoms with E-state index in [0.717, 1.165) is 0 Å². The van der Waals surface area contributed by atoms with Gasteiger partial charge in [-0.1, -0.05) is 12.2 Å². The lowest BCUT2D eigenvalue weighted by molar-refractivity contribution is -0.0516. The van der Waals surface area contributed by atoms with Crippen LogP contribution in [0, 0.1) is 9.41 Å². The van der Waals surface area contributed by atoms with Crippen molar-refractivity contribution in [1.29, 1.82) is 0 Å². The van der Waals surface area contributed by atoms with Crippen LogP contribution in [0.4, 0.5) is 5.95 Å². The number of aliphatic hydroxyl groups excluding tert-OH is 3. The van der Waals surface area contributed by atoms with Crippen molar-refractivity contribution in [2.45, 2.75) is 24.5 Å². The van der Waals surface area contributed by atoms with E-state index in [9.17, 15) is 10.2 Å². The van der Waals surface area contributed by atoms with Crippen molar-refractivity contribution in [1.82, 2.24) is 19.5 Å². The van der Waals surface area contributed by atoms with E-state index in [-0.39, 0.29) is 15.4 Å². The maximum absolute atomic E-state index is 10.1. The number of nitrogen functional groups attached to an aromatic ring is 1. The minimum Gasteiger partial charge on any atom is -0.394 e. The number of nitrogens with one attached hydrogen (secondary N) is 2. The molecule has 0 spiro atoms. The van der Waals surface area contributed by atoms with E-state index in [2.05, 4.69) is 15.0 Å². The van der Waals surface area contributed by atoms with E-state index in [0.29, 0.717) is 11.2 Å². The van der Waals surface area contributed by atoms with Crippen LogP contribution in [0.15, 0.2) is 0 Å². The van der Waals surface area contributed by atoms with Gasteiger partial charge in [0.25, 0.3) is 0 Å². The number of aromatic nitrogens is 4. The minimum atomic E-state index is -1.26. The Morgan fingerprint density at radius 2 is 2.00 bits per heavy atom. The number of aliphatic hydroxyl groups is 3. The van der Waals surface area contributed by atoms with Crippen molar-refractivity contribution in [3.8, 4) is 0 Å². The first-order chi connectivity index (χ1) is 9.93. The third-order valence-electron chi connectivity index (χ3n) is 3.38. The van der Waals surface area contributed by atoms with Gasteiger partial charge in [-0.3, -0.25) is 4.57 Å². The van der Waals surface area contributed by atoms with Gasteiger partial charge >= 0.3 is 0 Å². The van der Waals surface area contributed by atoms with Gasteiger partial charge in [0.05, 0.1) is 6.61 Å². The second-order valence-corrected chi connectivity index (χ2v) is 5.45. The molecule has 3 rings (SSSR count). The molecule has 114 valence electrons. The predicted octanol–water partition coefficient (Wildman–Crippen LogP) is -0.655. The van der Waals surface area contributed by atoms with E-state index < -0.39 is 31.1 Å². The molecule has 0 aliphatic carbocycles. The van der Waals surface area contributed by atoms with Crippen molar-refractivity contribution in [2.75, 3.05) is 12.3 Å².